The lowest BCUT2D eigenvalue weighted by molar-refractivity contribution is 1.18. The average molecular weight is 97.2 g/mol. The lowest BCUT2D eigenvalue weighted by atomic mass is 10.3. The van der Waals surface area contributed by atoms with Crippen LogP contribution < -0.4 is 5.73 Å². The maximum Gasteiger partial charge on any atom is 0.00458 e. The smallest absolute Gasteiger partial charge is 0.00458 e. The highest BCUT2D eigenvalue weighted by molar-refractivity contribution is 4.95. The molecule has 7 heavy (non-hydrogen) atoms. The highest BCUT2D eigenvalue weighted by atomic mass is 14.5. The van der Waals surface area contributed by atoms with Gasteiger partial charge in [-0.2, -0.15) is 0 Å². The lowest BCUT2D eigenvalue weighted by Gasteiger charge is -1.85. The Kier molecular flexibility index (Phi) is 3.11. The van der Waals surface area contributed by atoms with Crippen LogP contribution in [-0.4, -0.2) is 0 Å². The summed E-state index contributed by atoms with van der Waals surface area (Å²) in [6.07, 6.45) is 4.73. The van der Waals surface area contributed by atoms with Crippen molar-refractivity contribution in [3.8, 4) is 0 Å². The second-order valence-electron chi connectivity index (χ2n) is 1.43. The van der Waals surface area contributed by atoms with Gasteiger partial charge >= 0.3 is 0 Å². The van der Waals surface area contributed by atoms with E-state index in [0.717, 1.165) is 12.1 Å². The molecule has 0 unspecified atom stereocenters. The summed E-state index contributed by atoms with van der Waals surface area (Å²) in [4.78, 5) is 0. The van der Waals surface area contributed by atoms with Crippen molar-refractivity contribution < 1.29 is 0 Å². The summed E-state index contributed by atoms with van der Waals surface area (Å²) in [6.45, 7) is 5.48. The molecule has 0 aliphatic heterocycles. The Bertz CT molecular complexity index is 82.2. The van der Waals surface area contributed by atoms with E-state index in [2.05, 4.69) is 6.58 Å². The van der Waals surface area contributed by atoms with E-state index in [0.29, 0.717) is 0 Å². The topological polar surface area (TPSA) is 26.0 Å². The zero-order valence-corrected chi connectivity index (χ0v) is 4.65. The van der Waals surface area contributed by atoms with Gasteiger partial charge in [-0.15, -0.1) is 0 Å². The van der Waals surface area contributed by atoms with Crippen molar-refractivity contribution in [2.75, 3.05) is 0 Å². The van der Waals surface area contributed by atoms with E-state index >= 15 is 0 Å². The average Bonchev–Trinajstić information content (AvgIpc) is 1.61. The monoisotopic (exact) mass is 97.1 g/mol. The molecule has 0 aromatic heterocycles. The van der Waals surface area contributed by atoms with Crippen LogP contribution in [-0.2, 0) is 0 Å². The van der Waals surface area contributed by atoms with Crippen LogP contribution >= 0.6 is 0 Å². The molecule has 0 aliphatic carbocycles. The molecule has 1 heteroatoms. The Morgan fingerprint density at radius 3 is 2.57 bits per heavy atom. The maximum absolute atomic E-state index is 5.23. The van der Waals surface area contributed by atoms with Crippen LogP contribution in [0.1, 0.15) is 13.3 Å². The third-order valence-electron chi connectivity index (χ3n) is 0.616. The van der Waals surface area contributed by atoms with Crippen LogP contribution in [0.2, 0.25) is 0 Å². The summed E-state index contributed by atoms with van der Waals surface area (Å²) in [5.74, 6) is 0. The Hall–Kier alpha value is -0.720. The minimum Gasteiger partial charge on any atom is -0.402 e. The van der Waals surface area contributed by atoms with Gasteiger partial charge in [0.15, 0.2) is 0 Å². The van der Waals surface area contributed by atoms with Gasteiger partial charge in [0.25, 0.3) is 0 Å². The highest BCUT2D eigenvalue weighted by Gasteiger charge is 1.73. The summed E-state index contributed by atoms with van der Waals surface area (Å²) < 4.78 is 0. The van der Waals surface area contributed by atoms with Gasteiger partial charge in [0.05, 0.1) is 0 Å². The minimum absolute atomic E-state index is 0.720. The molecule has 0 spiro atoms. The van der Waals surface area contributed by atoms with Gasteiger partial charge in [-0.3, -0.25) is 0 Å². The number of nitrogens with two attached hydrogens (primary N) is 1. The highest BCUT2D eigenvalue weighted by Crippen LogP contribution is 1.87. The molecule has 0 saturated heterocycles. The van der Waals surface area contributed by atoms with Crippen molar-refractivity contribution in [2.24, 2.45) is 5.73 Å². The van der Waals surface area contributed by atoms with Gasteiger partial charge in [-0.25, -0.2) is 0 Å². The van der Waals surface area contributed by atoms with Crippen molar-refractivity contribution in [1.82, 2.24) is 0 Å². The molecule has 0 aromatic rings. The number of hydrogen-bond acceptors (Lipinski definition) is 1. The summed E-state index contributed by atoms with van der Waals surface area (Å²) in [5, 5.41) is 0. The van der Waals surface area contributed by atoms with E-state index in [1.165, 1.54) is 0 Å². The Labute approximate surface area is 44.5 Å². The third kappa shape index (κ3) is 5.28. The summed E-state index contributed by atoms with van der Waals surface area (Å²) in [7, 11) is 0. The van der Waals surface area contributed by atoms with Crippen molar-refractivity contribution in [1.29, 1.82) is 0 Å². The van der Waals surface area contributed by atoms with Crippen molar-refractivity contribution in [2.45, 2.75) is 13.3 Å². The van der Waals surface area contributed by atoms with Crippen molar-refractivity contribution >= 4 is 0 Å². The molecule has 0 heterocycles. The quantitative estimate of drug-likeness (QED) is 0.518. The van der Waals surface area contributed by atoms with E-state index in [9.17, 15) is 0 Å². The first kappa shape index (κ1) is 6.28. The second-order valence-corrected chi connectivity index (χ2v) is 1.43. The van der Waals surface area contributed by atoms with Crippen molar-refractivity contribution in [3.05, 3.63) is 24.4 Å². The standard InChI is InChI=1S/C6H11N/c1-3-4-5-6(2)7/h3-4H,2,5,7H2,1H3/b4-3-. The van der Waals surface area contributed by atoms with Gasteiger partial charge in [-0.05, 0) is 6.92 Å². The third-order valence-corrected chi connectivity index (χ3v) is 0.616. The molecule has 0 aromatic carbocycles. The Morgan fingerprint density at radius 2 is 2.43 bits per heavy atom. The molecule has 0 aliphatic rings. The van der Waals surface area contributed by atoms with Crippen LogP contribution in [0.3, 0.4) is 0 Å². The van der Waals surface area contributed by atoms with Gasteiger partial charge in [0.1, 0.15) is 0 Å². The fraction of sp³-hybridized carbons (Fsp3) is 0.333. The number of rotatable bonds is 2. The van der Waals surface area contributed by atoms with Gasteiger partial charge in [0.2, 0.25) is 0 Å². The van der Waals surface area contributed by atoms with Crippen LogP contribution in [0.15, 0.2) is 24.4 Å². The zero-order chi connectivity index (χ0) is 5.70. The molecule has 0 radical (unpaired) electrons. The van der Waals surface area contributed by atoms with E-state index < -0.39 is 0 Å². The molecule has 1 nitrogen and oxygen atoms in total. The minimum atomic E-state index is 0.720. The first-order chi connectivity index (χ1) is 3.27. The molecule has 0 rings (SSSR count). The van der Waals surface area contributed by atoms with Gasteiger partial charge in [0, 0.05) is 12.1 Å². The molecular weight excluding hydrogens is 86.1 g/mol. The van der Waals surface area contributed by atoms with Crippen LogP contribution in [0.5, 0.6) is 0 Å². The number of allylic oxidation sites excluding steroid dienone is 2. The predicted molar refractivity (Wildman–Crippen MR) is 32.8 cm³/mol. The molecular formula is C6H11N. The SMILES string of the molecule is C=C(N)C/C=C\C. The van der Waals surface area contributed by atoms with E-state index in [-0.39, 0.29) is 0 Å². The molecule has 0 amide bonds. The predicted octanol–water partition coefficient (Wildman–Crippen LogP) is 1.43. The first-order valence-corrected chi connectivity index (χ1v) is 2.31. The van der Waals surface area contributed by atoms with Crippen LogP contribution in [0, 0.1) is 0 Å². The molecule has 40 valence electrons. The first-order valence-electron chi connectivity index (χ1n) is 2.31. The maximum atomic E-state index is 5.23. The molecule has 0 bridgehead atoms. The molecule has 0 saturated carbocycles. The number of hydrogen-bond donors (Lipinski definition) is 1. The van der Waals surface area contributed by atoms with Crippen molar-refractivity contribution in [3.63, 3.8) is 0 Å². The molecule has 0 atom stereocenters. The second kappa shape index (κ2) is 3.47. The summed E-state index contributed by atoms with van der Waals surface area (Å²) in [6, 6.07) is 0. The molecule has 0 fully saturated rings. The Balaban J connectivity index is 3.14. The van der Waals surface area contributed by atoms with Gasteiger partial charge < -0.3 is 5.73 Å². The largest absolute Gasteiger partial charge is 0.402 e. The summed E-state index contributed by atoms with van der Waals surface area (Å²) >= 11 is 0. The summed E-state index contributed by atoms with van der Waals surface area (Å²) in [5.41, 5.74) is 5.95. The lowest BCUT2D eigenvalue weighted by Crippen LogP contribution is -1.90. The fourth-order valence-corrected chi connectivity index (χ4v) is 0.269. The normalized spacial score (nSPS) is 9.86. The van der Waals surface area contributed by atoms with E-state index in [1.54, 1.807) is 0 Å². The van der Waals surface area contributed by atoms with Crippen LogP contribution in [0.25, 0.3) is 0 Å². The van der Waals surface area contributed by atoms with Gasteiger partial charge in [-0.1, -0.05) is 18.7 Å². The fourth-order valence-electron chi connectivity index (χ4n) is 0.269. The molecule has 2 N–H and O–H groups in total. The zero-order valence-electron chi connectivity index (χ0n) is 4.65. The van der Waals surface area contributed by atoms with E-state index in [1.807, 2.05) is 19.1 Å². The van der Waals surface area contributed by atoms with Crippen LogP contribution in [0.4, 0.5) is 0 Å². The van der Waals surface area contributed by atoms with E-state index in [4.69, 9.17) is 5.73 Å². The Morgan fingerprint density at radius 1 is 1.86 bits per heavy atom.